The van der Waals surface area contributed by atoms with Crippen molar-refractivity contribution in [1.82, 2.24) is 30.7 Å². The second-order valence-corrected chi connectivity index (χ2v) is 34.7. The molecule has 0 fully saturated rings. The van der Waals surface area contributed by atoms with E-state index in [2.05, 4.69) is 86.0 Å². The molecule has 0 aliphatic rings. The van der Waals surface area contributed by atoms with Gasteiger partial charge in [0.2, 0.25) is 0 Å². The quantitative estimate of drug-likeness (QED) is 0.0425. The number of carbonyl (C=O) groups excluding carboxylic acids is 5. The molecule has 0 bridgehead atoms. The van der Waals surface area contributed by atoms with Crippen LogP contribution >= 0.6 is 0 Å². The minimum Gasteiger partial charge on any atom is -0.462 e. The Labute approximate surface area is 701 Å². The van der Waals surface area contributed by atoms with E-state index in [1.54, 1.807) is 18.2 Å². The molecule has 3 amide bonds. The third kappa shape index (κ3) is 69.0. The first-order valence-electron chi connectivity index (χ1n) is 50.0. The number of hydrogen-bond donors (Lipinski definition) is 3. The van der Waals surface area contributed by atoms with Gasteiger partial charge in [0.15, 0.2) is 0 Å². The Kier molecular flexibility index (Phi) is 79.4. The summed E-state index contributed by atoms with van der Waals surface area (Å²) in [7, 11) is 0. The van der Waals surface area contributed by atoms with Gasteiger partial charge in [0.1, 0.15) is 12.2 Å². The summed E-state index contributed by atoms with van der Waals surface area (Å²) in [6.45, 7) is 28.5. The van der Waals surface area contributed by atoms with E-state index in [0.717, 1.165) is 194 Å². The predicted octanol–water partition coefficient (Wildman–Crippen LogP) is 27.9. The highest BCUT2D eigenvalue weighted by molar-refractivity contribution is 6.04. The van der Waals surface area contributed by atoms with Crippen LogP contribution in [0.1, 0.15) is 517 Å². The molecule has 1 aromatic carbocycles. The fourth-order valence-electron chi connectivity index (χ4n) is 16.2. The standard InChI is InChI=1S/C100H190N6O7/c1-9-17-23-27-31-35-39-45-53-63-79-104(80-64-54-46-40-36-32-28-24-18-10-2)85-69-76-101-98(109)91-88-92(99(110)102-77-70-86-105(81-65-55-47-41-37-33-29-25-19-11-3)82-66-56-48-42-38-34-30-26-20-12-4)90-93(89-91)100(111)103-78-71-87-106(83-67-57-49-43-51-61-74-96(107)112-94(15-7)72-59-21-13-5)84-68-58-50-44-52-62-75-97(108)113-95(16-8)73-60-22-14-6/h88-90,94-95H,9-87H2,1-8H3,(H,101,109)(H,102,110)(H,103,111). The number of nitrogens with zero attached hydrogens (tertiary/aromatic N) is 3. The highest BCUT2D eigenvalue weighted by Gasteiger charge is 2.20. The summed E-state index contributed by atoms with van der Waals surface area (Å²) < 4.78 is 11.7. The molecule has 0 aliphatic heterocycles. The Bertz CT molecular complexity index is 2080. The summed E-state index contributed by atoms with van der Waals surface area (Å²) in [5, 5.41) is 9.71. The number of amides is 3. The zero-order chi connectivity index (χ0) is 82.0. The lowest BCUT2D eigenvalue weighted by Gasteiger charge is -2.23. The van der Waals surface area contributed by atoms with Gasteiger partial charge in [0, 0.05) is 49.2 Å². The van der Waals surface area contributed by atoms with Crippen molar-refractivity contribution >= 4 is 29.7 Å². The summed E-state index contributed by atoms with van der Waals surface area (Å²) >= 11 is 0. The number of unbranched alkanes of at least 4 members (excludes halogenated alkanes) is 50. The van der Waals surface area contributed by atoms with Crippen molar-refractivity contribution in [3.05, 3.63) is 34.9 Å². The summed E-state index contributed by atoms with van der Waals surface area (Å²) in [6.07, 6.45) is 80.4. The van der Waals surface area contributed by atoms with E-state index in [9.17, 15) is 24.0 Å². The van der Waals surface area contributed by atoms with Crippen LogP contribution in [0.25, 0.3) is 0 Å². The number of hydrogen-bond acceptors (Lipinski definition) is 10. The van der Waals surface area contributed by atoms with Gasteiger partial charge in [-0.3, -0.25) is 24.0 Å². The number of ether oxygens (including phenoxy) is 2. The molecule has 1 aromatic rings. The Morgan fingerprint density at radius 3 is 0.619 bits per heavy atom. The van der Waals surface area contributed by atoms with Crippen LogP contribution in [0.15, 0.2) is 18.2 Å². The second-order valence-electron chi connectivity index (χ2n) is 34.7. The molecule has 0 saturated carbocycles. The van der Waals surface area contributed by atoms with Crippen LogP contribution in [-0.2, 0) is 19.1 Å². The van der Waals surface area contributed by atoms with Crippen molar-refractivity contribution in [3.8, 4) is 0 Å². The first kappa shape index (κ1) is 107. The normalized spacial score (nSPS) is 12.2. The topological polar surface area (TPSA) is 150 Å². The fraction of sp³-hybridized carbons (Fsp3) is 0.890. The lowest BCUT2D eigenvalue weighted by atomic mass is 10.0. The second kappa shape index (κ2) is 83.5. The van der Waals surface area contributed by atoms with E-state index in [1.165, 1.54) is 283 Å². The summed E-state index contributed by atoms with van der Waals surface area (Å²) in [5.41, 5.74) is 1.04. The molecule has 0 saturated heterocycles. The molecule has 2 atom stereocenters. The molecule has 0 aromatic heterocycles. The third-order valence-corrected chi connectivity index (χ3v) is 23.8. The summed E-state index contributed by atoms with van der Waals surface area (Å²) in [6, 6.07) is 5.09. The van der Waals surface area contributed by atoms with Crippen LogP contribution in [0.5, 0.6) is 0 Å². The third-order valence-electron chi connectivity index (χ3n) is 23.8. The minimum absolute atomic E-state index is 0.0415. The molecule has 0 heterocycles. The monoisotopic (exact) mass is 1590 g/mol. The molecule has 0 aliphatic carbocycles. The summed E-state index contributed by atoms with van der Waals surface area (Å²) in [4.78, 5) is 76.4. The Morgan fingerprint density at radius 1 is 0.239 bits per heavy atom. The lowest BCUT2D eigenvalue weighted by molar-refractivity contribution is -0.150. The van der Waals surface area contributed by atoms with E-state index in [-0.39, 0.29) is 41.9 Å². The van der Waals surface area contributed by atoms with Crippen LogP contribution in [0.2, 0.25) is 0 Å². The van der Waals surface area contributed by atoms with Crippen LogP contribution in [0, 0.1) is 0 Å². The van der Waals surface area contributed by atoms with Crippen molar-refractivity contribution in [2.24, 2.45) is 0 Å². The Balaban J connectivity index is 3.29. The van der Waals surface area contributed by atoms with Crippen LogP contribution in [0.4, 0.5) is 0 Å². The predicted molar refractivity (Wildman–Crippen MR) is 487 cm³/mol. The largest absolute Gasteiger partial charge is 0.462 e. The molecule has 0 radical (unpaired) electrons. The van der Waals surface area contributed by atoms with Gasteiger partial charge in [-0.1, -0.05) is 364 Å². The van der Waals surface area contributed by atoms with Crippen molar-refractivity contribution in [1.29, 1.82) is 0 Å². The van der Waals surface area contributed by atoms with Gasteiger partial charge < -0.3 is 40.1 Å². The van der Waals surface area contributed by atoms with E-state index in [4.69, 9.17) is 9.47 Å². The average molecular weight is 1590 g/mol. The molecule has 13 nitrogen and oxygen atoms in total. The highest BCUT2D eigenvalue weighted by Crippen LogP contribution is 2.21. The highest BCUT2D eigenvalue weighted by atomic mass is 16.5. The van der Waals surface area contributed by atoms with Crippen LogP contribution in [-0.4, -0.2) is 135 Å². The van der Waals surface area contributed by atoms with Crippen molar-refractivity contribution in [2.75, 3.05) is 78.5 Å². The Morgan fingerprint density at radius 2 is 0.416 bits per heavy atom. The van der Waals surface area contributed by atoms with Crippen LogP contribution in [0.3, 0.4) is 0 Å². The fourth-order valence-corrected chi connectivity index (χ4v) is 16.2. The molecule has 1 rings (SSSR count). The molecule has 13 heteroatoms. The van der Waals surface area contributed by atoms with Gasteiger partial charge in [-0.25, -0.2) is 0 Å². The van der Waals surface area contributed by atoms with Gasteiger partial charge in [-0.2, -0.15) is 0 Å². The van der Waals surface area contributed by atoms with Gasteiger partial charge in [-0.15, -0.1) is 0 Å². The molecular formula is C100H190N6O7. The smallest absolute Gasteiger partial charge is 0.306 e. The molecule has 0 spiro atoms. The summed E-state index contributed by atoms with van der Waals surface area (Å²) in [5.74, 6) is -0.835. The van der Waals surface area contributed by atoms with Crippen molar-refractivity contribution < 1.29 is 33.4 Å². The van der Waals surface area contributed by atoms with Gasteiger partial charge in [-0.05, 0) is 186 Å². The number of carbonyl (C=O) groups is 5. The number of nitrogens with one attached hydrogen (secondary N) is 3. The average Bonchev–Trinajstić information content (AvgIpc) is 0.827. The minimum atomic E-state index is -0.264. The lowest BCUT2D eigenvalue weighted by Crippen LogP contribution is -2.33. The number of benzene rings is 1. The van der Waals surface area contributed by atoms with Gasteiger partial charge in [0.25, 0.3) is 17.7 Å². The maximum Gasteiger partial charge on any atom is 0.306 e. The zero-order valence-corrected chi connectivity index (χ0v) is 76.4. The maximum atomic E-state index is 14.4. The van der Waals surface area contributed by atoms with E-state index < -0.39 is 0 Å². The number of esters is 2. The molecule has 3 N–H and O–H groups in total. The van der Waals surface area contributed by atoms with Crippen molar-refractivity contribution in [3.63, 3.8) is 0 Å². The molecule has 113 heavy (non-hydrogen) atoms. The van der Waals surface area contributed by atoms with E-state index in [1.807, 2.05) is 0 Å². The van der Waals surface area contributed by atoms with Gasteiger partial charge in [0.05, 0.1) is 0 Å². The molecular weight excluding hydrogens is 1400 g/mol. The molecule has 2 unspecified atom stereocenters. The molecule has 662 valence electrons. The maximum absolute atomic E-state index is 14.4. The van der Waals surface area contributed by atoms with Gasteiger partial charge >= 0.3 is 11.9 Å². The first-order valence-corrected chi connectivity index (χ1v) is 50.0. The number of rotatable bonds is 89. The first-order chi connectivity index (χ1) is 55.5. The van der Waals surface area contributed by atoms with E-state index in [0.29, 0.717) is 49.2 Å². The zero-order valence-electron chi connectivity index (χ0n) is 76.4. The SMILES string of the molecule is CCCCCCCCCCCCN(CCCCCCCCCCCC)CCCNC(=O)c1cc(C(=O)NCCCN(CCCCCCCCCCCC)CCCCCCCCCCCC)cc(C(=O)NCCCN(CCCCCCCCC(=O)OC(CC)CCCCC)CCCCCCCCC(=O)OC(CC)CCCCC)c1. The van der Waals surface area contributed by atoms with Crippen molar-refractivity contribution in [2.45, 2.75) is 498 Å². The Hall–Kier alpha value is -3.55. The van der Waals surface area contributed by atoms with Crippen LogP contribution < -0.4 is 16.0 Å². The van der Waals surface area contributed by atoms with E-state index >= 15 is 0 Å².